The second-order valence-electron chi connectivity index (χ2n) is 6.40. The van der Waals surface area contributed by atoms with Crippen LogP contribution in [0.1, 0.15) is 23.3 Å². The SMILES string of the molecule is O=C(c1ccn(COc2ccc(-c3ccccc3)cc2)n1)N1CCCC1. The Morgan fingerprint density at radius 1 is 0.923 bits per heavy atom. The van der Waals surface area contributed by atoms with Gasteiger partial charge in [0, 0.05) is 19.3 Å². The van der Waals surface area contributed by atoms with Crippen molar-refractivity contribution in [1.29, 1.82) is 0 Å². The Bertz CT molecular complexity index is 866. The van der Waals surface area contributed by atoms with Gasteiger partial charge in [0.1, 0.15) is 5.75 Å². The lowest BCUT2D eigenvalue weighted by Crippen LogP contribution is -2.28. The molecular formula is C21H21N3O2. The summed E-state index contributed by atoms with van der Waals surface area (Å²) in [7, 11) is 0. The van der Waals surface area contributed by atoms with Crippen LogP contribution in [-0.4, -0.2) is 33.7 Å². The number of likely N-dealkylation sites (tertiary alicyclic amines) is 1. The molecular weight excluding hydrogens is 326 g/mol. The first-order chi connectivity index (χ1) is 12.8. The molecule has 1 amide bonds. The molecule has 5 nitrogen and oxygen atoms in total. The summed E-state index contributed by atoms with van der Waals surface area (Å²) >= 11 is 0. The average Bonchev–Trinajstić information content (AvgIpc) is 3.39. The van der Waals surface area contributed by atoms with Crippen LogP contribution >= 0.6 is 0 Å². The van der Waals surface area contributed by atoms with Gasteiger partial charge in [0.05, 0.1) is 0 Å². The first kappa shape index (κ1) is 16.4. The second-order valence-corrected chi connectivity index (χ2v) is 6.40. The van der Waals surface area contributed by atoms with Gasteiger partial charge in [0.15, 0.2) is 12.4 Å². The van der Waals surface area contributed by atoms with E-state index in [0.717, 1.165) is 37.2 Å². The number of benzene rings is 2. The third-order valence-electron chi connectivity index (χ3n) is 4.58. The molecule has 0 spiro atoms. The number of hydrogen-bond donors (Lipinski definition) is 0. The van der Waals surface area contributed by atoms with Crippen LogP contribution in [0.3, 0.4) is 0 Å². The topological polar surface area (TPSA) is 47.4 Å². The van der Waals surface area contributed by atoms with E-state index in [-0.39, 0.29) is 12.6 Å². The van der Waals surface area contributed by atoms with E-state index in [0.29, 0.717) is 5.69 Å². The summed E-state index contributed by atoms with van der Waals surface area (Å²) in [6.07, 6.45) is 3.94. The molecule has 5 heteroatoms. The van der Waals surface area contributed by atoms with Crippen LogP contribution in [0, 0.1) is 0 Å². The molecule has 0 atom stereocenters. The number of amides is 1. The van der Waals surface area contributed by atoms with Crippen molar-refractivity contribution in [2.45, 2.75) is 19.6 Å². The van der Waals surface area contributed by atoms with Crippen molar-refractivity contribution >= 4 is 5.91 Å². The lowest BCUT2D eigenvalue weighted by atomic mass is 10.1. The largest absolute Gasteiger partial charge is 0.471 e. The summed E-state index contributed by atoms with van der Waals surface area (Å²) in [5.41, 5.74) is 2.81. The van der Waals surface area contributed by atoms with E-state index in [2.05, 4.69) is 17.2 Å². The smallest absolute Gasteiger partial charge is 0.274 e. The molecule has 2 aromatic carbocycles. The zero-order valence-electron chi connectivity index (χ0n) is 14.5. The highest BCUT2D eigenvalue weighted by molar-refractivity contribution is 5.92. The number of aromatic nitrogens is 2. The van der Waals surface area contributed by atoms with E-state index in [1.54, 1.807) is 16.9 Å². The third kappa shape index (κ3) is 3.61. The lowest BCUT2D eigenvalue weighted by molar-refractivity contribution is 0.0785. The first-order valence-electron chi connectivity index (χ1n) is 8.91. The molecule has 1 aliphatic heterocycles. The number of rotatable bonds is 5. The molecule has 3 aromatic rings. The Morgan fingerprint density at radius 2 is 1.62 bits per heavy atom. The fourth-order valence-electron chi connectivity index (χ4n) is 3.14. The molecule has 0 radical (unpaired) electrons. The quantitative estimate of drug-likeness (QED) is 0.705. The normalized spacial score (nSPS) is 13.8. The molecule has 0 aliphatic carbocycles. The predicted molar refractivity (Wildman–Crippen MR) is 99.9 cm³/mol. The van der Waals surface area contributed by atoms with Gasteiger partial charge in [0.2, 0.25) is 0 Å². The maximum Gasteiger partial charge on any atom is 0.274 e. The molecule has 1 saturated heterocycles. The third-order valence-corrected chi connectivity index (χ3v) is 4.58. The lowest BCUT2D eigenvalue weighted by Gasteiger charge is -2.13. The molecule has 2 heterocycles. The van der Waals surface area contributed by atoms with Gasteiger partial charge in [-0.2, -0.15) is 5.10 Å². The molecule has 1 fully saturated rings. The molecule has 4 rings (SSSR count). The maximum absolute atomic E-state index is 12.3. The van der Waals surface area contributed by atoms with Crippen LogP contribution in [0.5, 0.6) is 5.75 Å². The van der Waals surface area contributed by atoms with E-state index < -0.39 is 0 Å². The van der Waals surface area contributed by atoms with Crippen LogP contribution in [0.4, 0.5) is 0 Å². The van der Waals surface area contributed by atoms with Crippen LogP contribution in [0.25, 0.3) is 11.1 Å². The summed E-state index contributed by atoms with van der Waals surface area (Å²) in [4.78, 5) is 14.2. The van der Waals surface area contributed by atoms with E-state index in [1.807, 2.05) is 47.4 Å². The second kappa shape index (κ2) is 7.44. The molecule has 0 N–H and O–H groups in total. The number of carbonyl (C=O) groups is 1. The number of hydrogen-bond acceptors (Lipinski definition) is 3. The Morgan fingerprint density at radius 3 is 2.35 bits per heavy atom. The standard InChI is InChI=1S/C21H21N3O2/c25-21(23-13-4-5-14-23)20-12-15-24(22-20)16-26-19-10-8-18(9-11-19)17-6-2-1-3-7-17/h1-3,6-12,15H,4-5,13-14,16H2. The van der Waals surface area contributed by atoms with Gasteiger partial charge >= 0.3 is 0 Å². The highest BCUT2D eigenvalue weighted by Crippen LogP contribution is 2.22. The molecule has 132 valence electrons. The molecule has 1 aliphatic rings. The van der Waals surface area contributed by atoms with Crippen molar-refractivity contribution in [2.75, 3.05) is 13.1 Å². The van der Waals surface area contributed by atoms with Crippen molar-refractivity contribution in [3.05, 3.63) is 72.6 Å². The van der Waals surface area contributed by atoms with Crippen molar-refractivity contribution in [2.24, 2.45) is 0 Å². The Hall–Kier alpha value is -3.08. The van der Waals surface area contributed by atoms with Gasteiger partial charge in [0.25, 0.3) is 5.91 Å². The van der Waals surface area contributed by atoms with Gasteiger partial charge < -0.3 is 9.64 Å². The minimum atomic E-state index is 0.00784. The predicted octanol–water partition coefficient (Wildman–Crippen LogP) is 3.82. The van der Waals surface area contributed by atoms with Crippen LogP contribution in [-0.2, 0) is 6.73 Å². The zero-order valence-corrected chi connectivity index (χ0v) is 14.5. The van der Waals surface area contributed by atoms with Crippen LogP contribution in [0.2, 0.25) is 0 Å². The Kier molecular flexibility index (Phi) is 4.69. The Labute approximate surface area is 152 Å². The highest BCUT2D eigenvalue weighted by atomic mass is 16.5. The van der Waals surface area contributed by atoms with E-state index in [1.165, 1.54) is 5.56 Å². The van der Waals surface area contributed by atoms with Crippen molar-refractivity contribution < 1.29 is 9.53 Å². The van der Waals surface area contributed by atoms with Crippen LogP contribution < -0.4 is 4.74 Å². The fourth-order valence-corrected chi connectivity index (χ4v) is 3.14. The highest BCUT2D eigenvalue weighted by Gasteiger charge is 2.21. The number of carbonyl (C=O) groups excluding carboxylic acids is 1. The van der Waals surface area contributed by atoms with Gasteiger partial charge in [-0.05, 0) is 42.2 Å². The number of ether oxygens (including phenoxy) is 1. The number of nitrogens with zero attached hydrogens (tertiary/aromatic N) is 3. The van der Waals surface area contributed by atoms with Crippen molar-refractivity contribution in [3.8, 4) is 16.9 Å². The van der Waals surface area contributed by atoms with E-state index in [9.17, 15) is 4.79 Å². The van der Waals surface area contributed by atoms with Gasteiger partial charge in [-0.15, -0.1) is 0 Å². The fraction of sp³-hybridized carbons (Fsp3) is 0.238. The molecule has 0 saturated carbocycles. The monoisotopic (exact) mass is 347 g/mol. The van der Waals surface area contributed by atoms with E-state index >= 15 is 0 Å². The summed E-state index contributed by atoms with van der Waals surface area (Å²) in [5, 5.41) is 4.34. The maximum atomic E-state index is 12.3. The average molecular weight is 347 g/mol. The minimum Gasteiger partial charge on any atom is -0.471 e. The summed E-state index contributed by atoms with van der Waals surface area (Å²) in [6.45, 7) is 1.93. The summed E-state index contributed by atoms with van der Waals surface area (Å²) in [5.74, 6) is 0.779. The van der Waals surface area contributed by atoms with Crippen molar-refractivity contribution in [3.63, 3.8) is 0 Å². The van der Waals surface area contributed by atoms with Gasteiger partial charge in [-0.1, -0.05) is 42.5 Å². The minimum absolute atomic E-state index is 0.00784. The Balaban J connectivity index is 1.36. The van der Waals surface area contributed by atoms with Gasteiger partial charge in [-0.3, -0.25) is 4.79 Å². The molecule has 1 aromatic heterocycles. The van der Waals surface area contributed by atoms with E-state index in [4.69, 9.17) is 4.74 Å². The van der Waals surface area contributed by atoms with Crippen molar-refractivity contribution in [1.82, 2.24) is 14.7 Å². The molecule has 26 heavy (non-hydrogen) atoms. The summed E-state index contributed by atoms with van der Waals surface area (Å²) in [6, 6.07) is 19.9. The zero-order chi connectivity index (χ0) is 17.8. The molecule has 0 bridgehead atoms. The summed E-state index contributed by atoms with van der Waals surface area (Å²) < 4.78 is 7.42. The first-order valence-corrected chi connectivity index (χ1v) is 8.91. The molecule has 0 unspecified atom stereocenters. The van der Waals surface area contributed by atoms with Gasteiger partial charge in [-0.25, -0.2) is 4.68 Å². The van der Waals surface area contributed by atoms with Crippen LogP contribution in [0.15, 0.2) is 66.9 Å².